The van der Waals surface area contributed by atoms with E-state index in [0.29, 0.717) is 11.3 Å². The van der Waals surface area contributed by atoms with Crippen molar-refractivity contribution < 1.29 is 9.59 Å². The van der Waals surface area contributed by atoms with Gasteiger partial charge in [0.2, 0.25) is 0 Å². The Morgan fingerprint density at radius 3 is 2.59 bits per heavy atom. The number of Topliss-reactive ketones (excluding diaryl/α,β-unsaturated/α-hetero) is 1. The Balaban J connectivity index is 1.44. The van der Waals surface area contributed by atoms with Gasteiger partial charge in [-0.3, -0.25) is 9.59 Å². The standard InChI is InChI=1S/C24H17NO2S2/c1-24(14-16-9-6-8-15-7-2-3-10-17(15)16)21(26)13-20(22(24)27)29-23-25-18-11-4-5-12-19(18)28-23/h2-13H,14H2,1H3/t24-/m1/s1. The first-order valence-corrected chi connectivity index (χ1v) is 11.0. The summed E-state index contributed by atoms with van der Waals surface area (Å²) in [4.78, 5) is 31.2. The minimum Gasteiger partial charge on any atom is -0.294 e. The van der Waals surface area contributed by atoms with Crippen LogP contribution in [0.2, 0.25) is 0 Å². The topological polar surface area (TPSA) is 47.0 Å². The van der Waals surface area contributed by atoms with Gasteiger partial charge in [-0.1, -0.05) is 66.4 Å². The van der Waals surface area contributed by atoms with E-state index in [-0.39, 0.29) is 11.6 Å². The summed E-state index contributed by atoms with van der Waals surface area (Å²) in [6.07, 6.45) is 1.90. The number of rotatable bonds is 4. The van der Waals surface area contributed by atoms with Crippen molar-refractivity contribution in [1.29, 1.82) is 0 Å². The third kappa shape index (κ3) is 3.11. The third-order valence-electron chi connectivity index (χ3n) is 5.43. The molecule has 0 saturated heterocycles. The molecule has 142 valence electrons. The number of nitrogens with zero attached hydrogens (tertiary/aromatic N) is 1. The molecule has 1 aliphatic rings. The number of thiazole rings is 1. The lowest BCUT2D eigenvalue weighted by Crippen LogP contribution is -2.33. The van der Waals surface area contributed by atoms with Gasteiger partial charge >= 0.3 is 0 Å². The molecule has 5 heteroatoms. The second-order valence-corrected chi connectivity index (χ2v) is 9.72. The Kier molecular flexibility index (Phi) is 4.37. The summed E-state index contributed by atoms with van der Waals surface area (Å²) in [5.41, 5.74) is 0.867. The largest absolute Gasteiger partial charge is 0.294 e. The lowest BCUT2D eigenvalue weighted by Gasteiger charge is -2.22. The minimum absolute atomic E-state index is 0.111. The van der Waals surface area contributed by atoms with Gasteiger partial charge in [0.25, 0.3) is 0 Å². The molecule has 1 heterocycles. The molecule has 5 rings (SSSR count). The molecule has 4 aromatic rings. The van der Waals surface area contributed by atoms with Crippen molar-refractivity contribution in [3.63, 3.8) is 0 Å². The SMILES string of the molecule is C[C@@]1(Cc2cccc3ccccc23)C(=O)C=C(Sc2nc3ccccc3s2)C1=O. The van der Waals surface area contributed by atoms with Crippen LogP contribution in [0.25, 0.3) is 21.0 Å². The van der Waals surface area contributed by atoms with Gasteiger partial charge in [0.1, 0.15) is 0 Å². The maximum absolute atomic E-state index is 13.3. The lowest BCUT2D eigenvalue weighted by atomic mass is 9.78. The highest BCUT2D eigenvalue weighted by atomic mass is 32.2. The Morgan fingerprint density at radius 2 is 1.72 bits per heavy atom. The van der Waals surface area contributed by atoms with Crippen LogP contribution in [0.15, 0.2) is 82.1 Å². The fourth-order valence-electron chi connectivity index (χ4n) is 3.79. The number of hydrogen-bond donors (Lipinski definition) is 0. The van der Waals surface area contributed by atoms with Crippen LogP contribution >= 0.6 is 23.1 Å². The lowest BCUT2D eigenvalue weighted by molar-refractivity contribution is -0.132. The number of thioether (sulfide) groups is 1. The van der Waals surface area contributed by atoms with Crippen molar-refractivity contribution in [3.8, 4) is 0 Å². The number of benzene rings is 3. The Bertz CT molecular complexity index is 1280. The van der Waals surface area contributed by atoms with Gasteiger partial charge < -0.3 is 0 Å². The molecule has 0 radical (unpaired) electrons. The third-order valence-corrected chi connectivity index (χ3v) is 7.55. The fourth-order valence-corrected chi connectivity index (χ4v) is 6.01. The molecule has 1 aromatic heterocycles. The van der Waals surface area contributed by atoms with Crippen molar-refractivity contribution in [3.05, 3.63) is 83.3 Å². The Morgan fingerprint density at radius 1 is 0.966 bits per heavy atom. The molecule has 0 unspecified atom stereocenters. The van der Waals surface area contributed by atoms with E-state index < -0.39 is 5.41 Å². The molecular weight excluding hydrogens is 398 g/mol. The predicted molar refractivity (Wildman–Crippen MR) is 119 cm³/mol. The smallest absolute Gasteiger partial charge is 0.183 e. The second kappa shape index (κ2) is 6.94. The fraction of sp³-hybridized carbons (Fsp3) is 0.125. The normalized spacial score (nSPS) is 19.3. The quantitative estimate of drug-likeness (QED) is 0.394. The van der Waals surface area contributed by atoms with Gasteiger partial charge in [-0.25, -0.2) is 4.98 Å². The summed E-state index contributed by atoms with van der Waals surface area (Å²) in [5, 5.41) is 2.20. The number of carbonyl (C=O) groups excluding carboxylic acids is 2. The van der Waals surface area contributed by atoms with Gasteiger partial charge in [-0.05, 0) is 47.9 Å². The van der Waals surface area contributed by atoms with Crippen molar-refractivity contribution in [2.45, 2.75) is 17.7 Å². The van der Waals surface area contributed by atoms with E-state index >= 15 is 0 Å². The van der Waals surface area contributed by atoms with Crippen LogP contribution in [-0.2, 0) is 16.0 Å². The second-order valence-electron chi connectivity index (χ2n) is 7.40. The molecular formula is C24H17NO2S2. The predicted octanol–water partition coefficient (Wildman–Crippen LogP) is 5.83. The molecule has 0 spiro atoms. The van der Waals surface area contributed by atoms with Crippen molar-refractivity contribution >= 4 is 55.7 Å². The molecule has 3 aromatic carbocycles. The van der Waals surface area contributed by atoms with E-state index in [1.54, 1.807) is 18.3 Å². The van der Waals surface area contributed by atoms with Crippen LogP contribution in [0.5, 0.6) is 0 Å². The summed E-state index contributed by atoms with van der Waals surface area (Å²) in [7, 11) is 0. The average molecular weight is 416 g/mol. The van der Waals surface area contributed by atoms with E-state index in [2.05, 4.69) is 4.98 Å². The minimum atomic E-state index is -1.07. The van der Waals surface area contributed by atoms with Gasteiger partial charge in [-0.15, -0.1) is 11.3 Å². The molecule has 0 fully saturated rings. The van der Waals surface area contributed by atoms with E-state index in [1.807, 2.05) is 66.7 Å². The van der Waals surface area contributed by atoms with E-state index in [4.69, 9.17) is 0 Å². The van der Waals surface area contributed by atoms with Crippen LogP contribution in [0.3, 0.4) is 0 Å². The number of para-hydroxylation sites is 1. The Hall–Kier alpha value is -2.76. The molecule has 0 saturated carbocycles. The summed E-state index contributed by atoms with van der Waals surface area (Å²) < 4.78 is 1.86. The van der Waals surface area contributed by atoms with Crippen LogP contribution < -0.4 is 0 Å². The zero-order valence-electron chi connectivity index (χ0n) is 15.7. The monoisotopic (exact) mass is 415 g/mol. The van der Waals surface area contributed by atoms with Gasteiger partial charge in [0.15, 0.2) is 15.9 Å². The summed E-state index contributed by atoms with van der Waals surface area (Å²) >= 11 is 2.84. The first-order valence-electron chi connectivity index (χ1n) is 9.36. The van der Waals surface area contributed by atoms with Crippen molar-refractivity contribution in [1.82, 2.24) is 4.98 Å². The van der Waals surface area contributed by atoms with Crippen LogP contribution in [0, 0.1) is 5.41 Å². The van der Waals surface area contributed by atoms with E-state index in [0.717, 1.165) is 30.9 Å². The van der Waals surface area contributed by atoms with E-state index in [1.165, 1.54) is 17.8 Å². The number of aromatic nitrogens is 1. The molecule has 1 aliphatic carbocycles. The zero-order chi connectivity index (χ0) is 20.0. The van der Waals surface area contributed by atoms with Crippen molar-refractivity contribution in [2.24, 2.45) is 5.41 Å². The molecule has 3 nitrogen and oxygen atoms in total. The summed E-state index contributed by atoms with van der Waals surface area (Å²) in [6, 6.07) is 22.0. The number of fused-ring (bicyclic) bond motifs is 2. The molecule has 0 amide bonds. The highest BCUT2D eigenvalue weighted by molar-refractivity contribution is 8.05. The summed E-state index contributed by atoms with van der Waals surface area (Å²) in [5.74, 6) is -0.237. The molecule has 1 atom stereocenters. The molecule has 29 heavy (non-hydrogen) atoms. The number of hydrogen-bond acceptors (Lipinski definition) is 5. The molecule has 0 N–H and O–H groups in total. The van der Waals surface area contributed by atoms with Gasteiger partial charge in [0, 0.05) is 0 Å². The zero-order valence-corrected chi connectivity index (χ0v) is 17.3. The molecule has 0 aliphatic heterocycles. The first-order chi connectivity index (χ1) is 14.0. The first kappa shape index (κ1) is 18.3. The van der Waals surface area contributed by atoms with Crippen LogP contribution in [0.4, 0.5) is 0 Å². The average Bonchev–Trinajstić information content (AvgIpc) is 3.23. The van der Waals surface area contributed by atoms with Crippen LogP contribution in [0.1, 0.15) is 12.5 Å². The highest BCUT2D eigenvalue weighted by Crippen LogP contribution is 2.43. The van der Waals surface area contributed by atoms with Crippen LogP contribution in [-0.4, -0.2) is 16.6 Å². The van der Waals surface area contributed by atoms with Crippen molar-refractivity contribution in [2.75, 3.05) is 0 Å². The van der Waals surface area contributed by atoms with E-state index in [9.17, 15) is 9.59 Å². The maximum Gasteiger partial charge on any atom is 0.183 e. The van der Waals surface area contributed by atoms with Gasteiger partial charge in [-0.2, -0.15) is 0 Å². The Labute approximate surface area is 176 Å². The maximum atomic E-state index is 13.3. The number of ketones is 2. The number of allylic oxidation sites excluding steroid dienone is 2. The summed E-state index contributed by atoms with van der Waals surface area (Å²) in [6.45, 7) is 1.77. The number of carbonyl (C=O) groups is 2. The van der Waals surface area contributed by atoms with Gasteiger partial charge in [0.05, 0.1) is 20.5 Å². The highest BCUT2D eigenvalue weighted by Gasteiger charge is 2.47. The molecule has 0 bridgehead atoms.